The summed E-state index contributed by atoms with van der Waals surface area (Å²) in [5.74, 6) is 0.691. The van der Waals surface area contributed by atoms with Gasteiger partial charge in [0.05, 0.1) is 17.8 Å². The van der Waals surface area contributed by atoms with Gasteiger partial charge >= 0.3 is 11.4 Å². The molecule has 5 nitrogen and oxygen atoms in total. The predicted octanol–water partition coefficient (Wildman–Crippen LogP) is 2.24. The fourth-order valence-corrected chi connectivity index (χ4v) is 6.36. The van der Waals surface area contributed by atoms with Crippen LogP contribution in [-0.4, -0.2) is 23.6 Å². The molecule has 2 aliphatic carbocycles. The Labute approximate surface area is 148 Å². The Kier molecular flexibility index (Phi) is 2.81. The van der Waals surface area contributed by atoms with Crippen molar-refractivity contribution in [2.24, 2.45) is 11.8 Å². The second-order valence-corrected chi connectivity index (χ2v) is 8.45. The van der Waals surface area contributed by atoms with Crippen molar-refractivity contribution in [2.75, 3.05) is 0 Å². The second-order valence-electron chi connectivity index (χ2n) is 6.33. The van der Waals surface area contributed by atoms with E-state index in [9.17, 15) is 9.59 Å². The summed E-state index contributed by atoms with van der Waals surface area (Å²) in [6.07, 6.45) is 4.16. The van der Waals surface area contributed by atoms with Crippen LogP contribution in [0.4, 0.5) is 0 Å². The summed E-state index contributed by atoms with van der Waals surface area (Å²) in [5.41, 5.74) is 0.114. The first-order valence-corrected chi connectivity index (χ1v) is 9.42. The zero-order valence-electron chi connectivity index (χ0n) is 11.9. The molecule has 2 aliphatic heterocycles. The van der Waals surface area contributed by atoms with Crippen molar-refractivity contribution in [3.8, 4) is 5.69 Å². The van der Waals surface area contributed by atoms with Gasteiger partial charge in [-0.05, 0) is 12.1 Å². The molecular formula is C16H13Br2N3O2. The Morgan fingerprint density at radius 2 is 1.26 bits per heavy atom. The molecule has 0 unspecified atom stereocenters. The van der Waals surface area contributed by atoms with E-state index in [4.69, 9.17) is 0 Å². The molecule has 7 heteroatoms. The standard InChI is InChI=1S/C16H13Br2N3O2/c17-13-11-9-6-7-10(12(11)14(13)18)21-16(23)19(15(22)20(9)21)8-4-2-1-3-5-8/h1-7,9-14H/t9-,10-,11+,12+,13-,14+/m0/s1. The van der Waals surface area contributed by atoms with Crippen molar-refractivity contribution in [2.45, 2.75) is 21.7 Å². The molecule has 6 rings (SSSR count). The molecule has 23 heavy (non-hydrogen) atoms. The normalized spacial score (nSPS) is 36.4. The number of alkyl halides is 2. The summed E-state index contributed by atoms with van der Waals surface area (Å²) in [4.78, 5) is 26.5. The van der Waals surface area contributed by atoms with Gasteiger partial charge in [-0.1, -0.05) is 62.2 Å². The maximum absolute atomic E-state index is 12.9. The topological polar surface area (TPSA) is 48.9 Å². The number of aromatic nitrogens is 3. The van der Waals surface area contributed by atoms with E-state index in [1.54, 1.807) is 21.5 Å². The SMILES string of the molecule is O=c1n(-c2ccccc2)c(=O)n2n1[C@H]1C=C[C@H]2[C@H]2[C@@H](Br)[C@@H](Br)[C@@H]21. The maximum Gasteiger partial charge on any atom is 0.352 e. The minimum absolute atomic E-state index is 0.0617. The number of nitrogens with zero attached hydrogens (tertiary/aromatic N) is 3. The fraction of sp³-hybridized carbons (Fsp3) is 0.375. The van der Waals surface area contributed by atoms with Gasteiger partial charge in [-0.25, -0.2) is 23.5 Å². The van der Waals surface area contributed by atoms with E-state index in [0.717, 1.165) is 0 Å². The first kappa shape index (κ1) is 14.0. The third-order valence-corrected chi connectivity index (χ3v) is 8.43. The quantitative estimate of drug-likeness (QED) is 0.506. The minimum Gasteiger partial charge on any atom is -0.245 e. The molecule has 0 saturated heterocycles. The number of para-hydroxylation sites is 1. The average Bonchev–Trinajstić information content (AvgIpc) is 2.87. The van der Waals surface area contributed by atoms with Crippen LogP contribution in [0.3, 0.4) is 0 Å². The van der Waals surface area contributed by atoms with Crippen LogP contribution in [-0.2, 0) is 0 Å². The van der Waals surface area contributed by atoms with Crippen molar-refractivity contribution in [3.63, 3.8) is 0 Å². The van der Waals surface area contributed by atoms with Crippen LogP contribution < -0.4 is 11.4 Å². The molecule has 118 valence electrons. The third-order valence-electron chi connectivity index (χ3n) is 5.36. The van der Waals surface area contributed by atoms with E-state index in [1.807, 2.05) is 18.2 Å². The lowest BCUT2D eigenvalue weighted by atomic mass is 9.62. The summed E-state index contributed by atoms with van der Waals surface area (Å²) in [6, 6.07) is 9.00. The second kappa shape index (κ2) is 4.60. The molecule has 1 aromatic heterocycles. The van der Waals surface area contributed by atoms with Gasteiger partial charge in [-0.3, -0.25) is 0 Å². The van der Waals surface area contributed by atoms with Crippen LogP contribution in [0.2, 0.25) is 0 Å². The monoisotopic (exact) mass is 437 g/mol. The first-order chi connectivity index (χ1) is 11.1. The lowest BCUT2D eigenvalue weighted by molar-refractivity contribution is 0.0346. The molecule has 0 spiro atoms. The van der Waals surface area contributed by atoms with Gasteiger partial charge in [0.1, 0.15) is 0 Å². The number of hydrogen-bond donors (Lipinski definition) is 0. The van der Waals surface area contributed by atoms with E-state index in [2.05, 4.69) is 44.0 Å². The van der Waals surface area contributed by atoms with Crippen molar-refractivity contribution in [3.05, 3.63) is 63.5 Å². The van der Waals surface area contributed by atoms with E-state index in [1.165, 1.54) is 4.57 Å². The van der Waals surface area contributed by atoms with Crippen molar-refractivity contribution in [1.82, 2.24) is 13.9 Å². The molecule has 0 N–H and O–H groups in total. The van der Waals surface area contributed by atoms with Crippen molar-refractivity contribution >= 4 is 31.9 Å². The highest BCUT2D eigenvalue weighted by molar-refractivity contribution is 9.12. The van der Waals surface area contributed by atoms with Gasteiger partial charge < -0.3 is 0 Å². The Hall–Kier alpha value is -1.34. The molecule has 1 aromatic carbocycles. The van der Waals surface area contributed by atoms with Crippen LogP contribution in [0.5, 0.6) is 0 Å². The highest BCUT2D eigenvalue weighted by Crippen LogP contribution is 2.59. The Bertz CT molecular complexity index is 887. The fourth-order valence-electron chi connectivity index (χ4n) is 4.32. The van der Waals surface area contributed by atoms with E-state index >= 15 is 0 Å². The molecule has 1 saturated carbocycles. The smallest absolute Gasteiger partial charge is 0.245 e. The van der Waals surface area contributed by atoms with Gasteiger partial charge in [0.15, 0.2) is 0 Å². The van der Waals surface area contributed by atoms with Crippen LogP contribution in [0.1, 0.15) is 12.1 Å². The van der Waals surface area contributed by atoms with Gasteiger partial charge in [0.2, 0.25) is 0 Å². The molecule has 2 aromatic rings. The molecule has 2 bridgehead atoms. The number of hydrogen-bond acceptors (Lipinski definition) is 2. The Morgan fingerprint density at radius 3 is 1.74 bits per heavy atom. The van der Waals surface area contributed by atoms with Crippen LogP contribution in [0, 0.1) is 11.8 Å². The first-order valence-electron chi connectivity index (χ1n) is 7.59. The van der Waals surface area contributed by atoms with Crippen molar-refractivity contribution < 1.29 is 0 Å². The summed E-state index contributed by atoms with van der Waals surface area (Å²) < 4.78 is 4.58. The number of halogens is 2. The molecule has 0 amide bonds. The highest BCUT2D eigenvalue weighted by atomic mass is 79.9. The average molecular weight is 439 g/mol. The number of benzene rings is 1. The van der Waals surface area contributed by atoms with Crippen LogP contribution in [0.15, 0.2) is 52.1 Å². The van der Waals surface area contributed by atoms with E-state index in [-0.39, 0.29) is 23.5 Å². The zero-order valence-corrected chi connectivity index (χ0v) is 15.1. The molecule has 6 atom stereocenters. The zero-order chi connectivity index (χ0) is 15.9. The van der Waals surface area contributed by atoms with Gasteiger partial charge in [-0.15, -0.1) is 0 Å². The lowest BCUT2D eigenvalue weighted by Gasteiger charge is -2.57. The molecule has 1 fully saturated rings. The number of allylic oxidation sites excluding steroid dienone is 2. The molecular weight excluding hydrogens is 426 g/mol. The lowest BCUT2D eigenvalue weighted by Crippen LogP contribution is -2.63. The van der Waals surface area contributed by atoms with E-state index in [0.29, 0.717) is 27.2 Å². The Balaban J connectivity index is 1.78. The molecule has 4 aliphatic rings. The minimum atomic E-state index is -0.253. The Morgan fingerprint density at radius 1 is 0.783 bits per heavy atom. The summed E-state index contributed by atoms with van der Waals surface area (Å²) >= 11 is 7.45. The van der Waals surface area contributed by atoms with Crippen molar-refractivity contribution in [1.29, 1.82) is 0 Å². The third kappa shape index (κ3) is 1.57. The van der Waals surface area contributed by atoms with Crippen LogP contribution >= 0.6 is 31.9 Å². The summed E-state index contributed by atoms with van der Waals surface area (Å²) in [5, 5.41) is 0. The van der Waals surface area contributed by atoms with E-state index < -0.39 is 0 Å². The molecule has 3 heterocycles. The predicted molar refractivity (Wildman–Crippen MR) is 93.9 cm³/mol. The highest BCUT2D eigenvalue weighted by Gasteiger charge is 2.60. The largest absolute Gasteiger partial charge is 0.352 e. The number of rotatable bonds is 1. The maximum atomic E-state index is 12.9. The van der Waals surface area contributed by atoms with Gasteiger partial charge in [0.25, 0.3) is 0 Å². The molecule has 0 radical (unpaired) electrons. The summed E-state index contributed by atoms with van der Waals surface area (Å²) in [6.45, 7) is 0. The van der Waals surface area contributed by atoms with Gasteiger partial charge in [-0.2, -0.15) is 0 Å². The van der Waals surface area contributed by atoms with Crippen LogP contribution in [0.25, 0.3) is 5.69 Å². The van der Waals surface area contributed by atoms with Gasteiger partial charge in [0, 0.05) is 21.5 Å². The summed E-state index contributed by atoms with van der Waals surface area (Å²) in [7, 11) is 0.